The van der Waals surface area contributed by atoms with Crippen LogP contribution in [0.2, 0.25) is 0 Å². The molecule has 0 saturated carbocycles. The van der Waals surface area contributed by atoms with Gasteiger partial charge in [-0.15, -0.1) is 6.58 Å². The van der Waals surface area contributed by atoms with Crippen LogP contribution < -0.4 is 15.0 Å². The van der Waals surface area contributed by atoms with Crippen molar-refractivity contribution < 1.29 is 19.1 Å². The third-order valence-corrected chi connectivity index (χ3v) is 4.41. The Hall–Kier alpha value is -3.61. The summed E-state index contributed by atoms with van der Waals surface area (Å²) in [6.07, 6.45) is 1.39. The average Bonchev–Trinajstić information content (AvgIpc) is 2.93. The third-order valence-electron chi connectivity index (χ3n) is 4.41. The molecule has 4 amide bonds. The Kier molecular flexibility index (Phi) is 5.74. The molecule has 0 spiro atoms. The molecule has 1 heterocycles. The molecule has 7 heteroatoms. The van der Waals surface area contributed by atoms with Gasteiger partial charge in [-0.2, -0.15) is 0 Å². The maximum absolute atomic E-state index is 12.9. The molecule has 0 unspecified atom stereocenters. The van der Waals surface area contributed by atoms with Crippen LogP contribution in [-0.2, 0) is 9.59 Å². The second-order valence-electron chi connectivity index (χ2n) is 6.23. The molecule has 144 valence electrons. The molecule has 1 aliphatic rings. The highest BCUT2D eigenvalue weighted by Gasteiger charge is 2.46. The first-order valence-corrected chi connectivity index (χ1v) is 8.79. The van der Waals surface area contributed by atoms with Gasteiger partial charge in [0.25, 0.3) is 5.91 Å². The normalized spacial score (nSPS) is 16.2. The lowest BCUT2D eigenvalue weighted by molar-refractivity contribution is -0.124. The number of para-hydroxylation sites is 1. The van der Waals surface area contributed by atoms with Crippen molar-refractivity contribution in [1.29, 1.82) is 0 Å². The van der Waals surface area contributed by atoms with Crippen molar-refractivity contribution in [2.75, 3.05) is 23.9 Å². The van der Waals surface area contributed by atoms with E-state index in [4.69, 9.17) is 4.74 Å². The van der Waals surface area contributed by atoms with Gasteiger partial charge in [-0.25, -0.2) is 9.69 Å². The van der Waals surface area contributed by atoms with Crippen LogP contribution in [0.5, 0.6) is 5.75 Å². The number of carbonyl (C=O) groups excluding carboxylic acids is 3. The van der Waals surface area contributed by atoms with E-state index in [0.29, 0.717) is 17.1 Å². The highest BCUT2D eigenvalue weighted by atomic mass is 16.5. The summed E-state index contributed by atoms with van der Waals surface area (Å²) < 4.78 is 5.09. The first kappa shape index (κ1) is 19.2. The number of ether oxygens (including phenoxy) is 1. The molecule has 3 rings (SSSR count). The summed E-state index contributed by atoms with van der Waals surface area (Å²) in [5.74, 6) is -0.117. The van der Waals surface area contributed by atoms with Crippen LogP contribution in [0.3, 0.4) is 0 Å². The molecular weight excluding hydrogens is 358 g/mol. The van der Waals surface area contributed by atoms with E-state index in [0.717, 1.165) is 4.90 Å². The summed E-state index contributed by atoms with van der Waals surface area (Å²) in [7, 11) is 1.56. The lowest BCUT2D eigenvalue weighted by Crippen LogP contribution is -2.38. The Morgan fingerprint density at radius 3 is 2.43 bits per heavy atom. The number of benzene rings is 2. The number of anilines is 2. The molecule has 0 aliphatic carbocycles. The Bertz CT molecular complexity index is 880. The Labute approximate surface area is 163 Å². The molecule has 1 N–H and O–H groups in total. The van der Waals surface area contributed by atoms with Crippen molar-refractivity contribution in [3.8, 4) is 5.75 Å². The zero-order chi connectivity index (χ0) is 20.1. The number of amides is 4. The number of rotatable bonds is 7. The van der Waals surface area contributed by atoms with Gasteiger partial charge in [0.05, 0.1) is 19.2 Å². The molecule has 0 aromatic heterocycles. The van der Waals surface area contributed by atoms with Crippen LogP contribution in [0.1, 0.15) is 6.42 Å². The monoisotopic (exact) mass is 379 g/mol. The van der Waals surface area contributed by atoms with Gasteiger partial charge >= 0.3 is 6.03 Å². The largest absolute Gasteiger partial charge is 0.497 e. The fourth-order valence-electron chi connectivity index (χ4n) is 3.06. The van der Waals surface area contributed by atoms with Gasteiger partial charge in [0, 0.05) is 12.2 Å². The fraction of sp³-hybridized carbons (Fsp3) is 0.190. The second-order valence-corrected chi connectivity index (χ2v) is 6.23. The molecule has 2 aromatic rings. The maximum atomic E-state index is 12.9. The molecule has 1 aliphatic heterocycles. The summed E-state index contributed by atoms with van der Waals surface area (Å²) in [6, 6.07) is 14.2. The van der Waals surface area contributed by atoms with E-state index in [1.54, 1.807) is 61.7 Å². The number of hydrogen-bond acceptors (Lipinski definition) is 4. The number of urea groups is 1. The van der Waals surface area contributed by atoms with Gasteiger partial charge in [0.15, 0.2) is 0 Å². The summed E-state index contributed by atoms with van der Waals surface area (Å²) in [5, 5.41) is 2.74. The number of hydrogen-bond donors (Lipinski definition) is 1. The van der Waals surface area contributed by atoms with Crippen LogP contribution in [0, 0.1) is 0 Å². The van der Waals surface area contributed by atoms with Crippen molar-refractivity contribution in [1.82, 2.24) is 4.90 Å². The Morgan fingerprint density at radius 1 is 1.14 bits per heavy atom. The van der Waals surface area contributed by atoms with Gasteiger partial charge in [0.1, 0.15) is 11.8 Å². The van der Waals surface area contributed by atoms with Crippen LogP contribution in [0.25, 0.3) is 0 Å². The molecule has 7 nitrogen and oxygen atoms in total. The number of methoxy groups -OCH3 is 1. The fourth-order valence-corrected chi connectivity index (χ4v) is 3.06. The van der Waals surface area contributed by atoms with Crippen molar-refractivity contribution in [2.24, 2.45) is 0 Å². The van der Waals surface area contributed by atoms with E-state index < -0.39 is 18.0 Å². The smallest absolute Gasteiger partial charge is 0.332 e. The highest BCUT2D eigenvalue weighted by Crippen LogP contribution is 2.27. The van der Waals surface area contributed by atoms with Crippen molar-refractivity contribution >= 4 is 29.2 Å². The first-order chi connectivity index (χ1) is 13.5. The molecule has 1 saturated heterocycles. The number of imide groups is 1. The SMILES string of the molecule is C=CCN1C(=O)N(c2ccccc2)C(=O)[C@@H]1CC(=O)Nc1ccc(OC)cc1. The van der Waals surface area contributed by atoms with Crippen molar-refractivity contribution in [3.05, 3.63) is 67.3 Å². The van der Waals surface area contributed by atoms with E-state index in [9.17, 15) is 14.4 Å². The van der Waals surface area contributed by atoms with E-state index in [1.165, 1.54) is 11.0 Å². The van der Waals surface area contributed by atoms with E-state index >= 15 is 0 Å². The van der Waals surface area contributed by atoms with E-state index in [-0.39, 0.29) is 18.9 Å². The van der Waals surface area contributed by atoms with Gasteiger partial charge < -0.3 is 15.0 Å². The zero-order valence-electron chi connectivity index (χ0n) is 15.5. The summed E-state index contributed by atoms with van der Waals surface area (Å²) in [5.41, 5.74) is 1.06. The summed E-state index contributed by atoms with van der Waals surface area (Å²) in [4.78, 5) is 40.6. The van der Waals surface area contributed by atoms with Gasteiger partial charge in [-0.05, 0) is 36.4 Å². The molecule has 1 fully saturated rings. The minimum atomic E-state index is -0.885. The molecule has 1 atom stereocenters. The predicted molar refractivity (Wildman–Crippen MR) is 106 cm³/mol. The van der Waals surface area contributed by atoms with Crippen molar-refractivity contribution in [2.45, 2.75) is 12.5 Å². The average molecular weight is 379 g/mol. The van der Waals surface area contributed by atoms with Crippen LogP contribution in [0.15, 0.2) is 67.3 Å². The van der Waals surface area contributed by atoms with E-state index in [1.807, 2.05) is 0 Å². The minimum absolute atomic E-state index is 0.145. The van der Waals surface area contributed by atoms with Crippen LogP contribution >= 0.6 is 0 Å². The van der Waals surface area contributed by atoms with Gasteiger partial charge in [-0.1, -0.05) is 24.3 Å². The molecule has 2 aromatic carbocycles. The topological polar surface area (TPSA) is 79.0 Å². The summed E-state index contributed by atoms with van der Waals surface area (Å²) in [6.45, 7) is 3.82. The maximum Gasteiger partial charge on any atom is 0.332 e. The molecule has 0 radical (unpaired) electrons. The Morgan fingerprint density at radius 2 is 1.82 bits per heavy atom. The third kappa shape index (κ3) is 3.88. The lowest BCUT2D eigenvalue weighted by Gasteiger charge is -2.19. The van der Waals surface area contributed by atoms with Gasteiger partial charge in [-0.3, -0.25) is 9.59 Å². The molecule has 0 bridgehead atoms. The number of carbonyl (C=O) groups is 3. The highest BCUT2D eigenvalue weighted by molar-refractivity contribution is 6.22. The van der Waals surface area contributed by atoms with Crippen LogP contribution in [0.4, 0.5) is 16.2 Å². The minimum Gasteiger partial charge on any atom is -0.497 e. The Balaban J connectivity index is 1.76. The standard InChI is InChI=1S/C21H21N3O4/c1-3-13-23-18(14-19(25)22-15-9-11-17(28-2)12-10-15)20(26)24(21(23)27)16-7-5-4-6-8-16/h3-12,18H,1,13-14H2,2H3,(H,22,25)/t18-/m0/s1. The lowest BCUT2D eigenvalue weighted by atomic mass is 10.1. The predicted octanol–water partition coefficient (Wildman–Crippen LogP) is 3.05. The van der Waals surface area contributed by atoms with Crippen molar-refractivity contribution in [3.63, 3.8) is 0 Å². The number of nitrogens with one attached hydrogen (secondary N) is 1. The van der Waals surface area contributed by atoms with Gasteiger partial charge in [0.2, 0.25) is 5.91 Å². The molecule has 28 heavy (non-hydrogen) atoms. The summed E-state index contributed by atoms with van der Waals surface area (Å²) >= 11 is 0. The molecular formula is C21H21N3O4. The second kappa shape index (κ2) is 8.39. The van der Waals surface area contributed by atoms with Crippen LogP contribution in [-0.4, -0.2) is 42.4 Å². The number of nitrogens with zero attached hydrogens (tertiary/aromatic N) is 2. The zero-order valence-corrected chi connectivity index (χ0v) is 15.5. The quantitative estimate of drug-likeness (QED) is 0.592. The first-order valence-electron chi connectivity index (χ1n) is 8.79. The van der Waals surface area contributed by atoms with E-state index in [2.05, 4.69) is 11.9 Å².